The fraction of sp³-hybridized carbons (Fsp3) is 0.571. The number of thiazole rings is 1. The van der Waals surface area contributed by atoms with E-state index in [2.05, 4.69) is 4.98 Å². The van der Waals surface area contributed by atoms with E-state index in [4.69, 9.17) is 4.74 Å². The molecule has 0 spiro atoms. The highest BCUT2D eigenvalue weighted by atomic mass is 32.1. The van der Waals surface area contributed by atoms with Gasteiger partial charge in [0.05, 0.1) is 10.7 Å². The van der Waals surface area contributed by atoms with Crippen LogP contribution in [0.25, 0.3) is 0 Å². The molecule has 2 fully saturated rings. The lowest BCUT2D eigenvalue weighted by Crippen LogP contribution is -2.48. The smallest absolute Gasteiger partial charge is 0.417 e. The molecule has 22 heavy (non-hydrogen) atoms. The third kappa shape index (κ3) is 2.58. The molecular weight excluding hydrogens is 306 g/mol. The average Bonchev–Trinajstić information content (AvgIpc) is 3.00. The standard InChI is InChI=1S/C14H17N3O4S/c1-8-12(22-9(2)15-8)13(19)16-5-3-10(4-6-16)17-11(18)7-21-14(17)20/h10H,3-7H2,1-2H3. The molecule has 1 aromatic heterocycles. The number of aryl methyl sites for hydroxylation is 2. The second kappa shape index (κ2) is 5.68. The Bertz CT molecular complexity index is 618. The molecule has 0 bridgehead atoms. The van der Waals surface area contributed by atoms with Crippen molar-refractivity contribution in [2.24, 2.45) is 0 Å². The predicted molar refractivity (Wildman–Crippen MR) is 78.7 cm³/mol. The molecule has 3 amide bonds. The maximum absolute atomic E-state index is 12.5. The number of rotatable bonds is 2. The number of likely N-dealkylation sites (tertiary alicyclic amines) is 1. The summed E-state index contributed by atoms with van der Waals surface area (Å²) in [5.74, 6) is -0.305. The SMILES string of the molecule is Cc1nc(C)c(C(=O)N2CCC(N3C(=O)COC3=O)CC2)s1. The van der Waals surface area contributed by atoms with Crippen LogP contribution in [-0.2, 0) is 9.53 Å². The minimum Gasteiger partial charge on any atom is -0.439 e. The quantitative estimate of drug-likeness (QED) is 0.820. The van der Waals surface area contributed by atoms with E-state index in [1.54, 1.807) is 4.90 Å². The van der Waals surface area contributed by atoms with E-state index in [9.17, 15) is 14.4 Å². The van der Waals surface area contributed by atoms with Gasteiger partial charge < -0.3 is 9.64 Å². The Morgan fingerprint density at radius 2 is 1.95 bits per heavy atom. The molecule has 0 saturated carbocycles. The summed E-state index contributed by atoms with van der Waals surface area (Å²) in [6.07, 6.45) is 0.607. The van der Waals surface area contributed by atoms with Crippen LogP contribution in [0.4, 0.5) is 4.79 Å². The molecule has 1 aromatic rings. The van der Waals surface area contributed by atoms with Gasteiger partial charge in [0, 0.05) is 19.1 Å². The van der Waals surface area contributed by atoms with E-state index in [1.165, 1.54) is 16.2 Å². The fourth-order valence-corrected chi connectivity index (χ4v) is 3.81. The zero-order chi connectivity index (χ0) is 15.9. The van der Waals surface area contributed by atoms with Crippen molar-refractivity contribution < 1.29 is 19.1 Å². The first-order valence-electron chi connectivity index (χ1n) is 7.19. The van der Waals surface area contributed by atoms with Crippen molar-refractivity contribution in [1.82, 2.24) is 14.8 Å². The topological polar surface area (TPSA) is 79.8 Å². The number of aromatic nitrogens is 1. The Kier molecular flexibility index (Phi) is 3.86. The van der Waals surface area contributed by atoms with Gasteiger partial charge in [0.2, 0.25) is 0 Å². The lowest BCUT2D eigenvalue weighted by molar-refractivity contribution is -0.127. The second-order valence-electron chi connectivity index (χ2n) is 5.49. The molecule has 8 heteroatoms. The summed E-state index contributed by atoms with van der Waals surface area (Å²) in [6.45, 7) is 4.60. The van der Waals surface area contributed by atoms with Gasteiger partial charge in [0.15, 0.2) is 6.61 Å². The van der Waals surface area contributed by atoms with Crippen LogP contribution >= 0.6 is 11.3 Å². The Labute approximate surface area is 131 Å². The van der Waals surface area contributed by atoms with Crippen molar-refractivity contribution in [3.05, 3.63) is 15.6 Å². The van der Waals surface area contributed by atoms with Crippen molar-refractivity contribution in [2.45, 2.75) is 32.7 Å². The van der Waals surface area contributed by atoms with Crippen molar-refractivity contribution in [3.63, 3.8) is 0 Å². The first kappa shape index (κ1) is 15.0. The summed E-state index contributed by atoms with van der Waals surface area (Å²) in [5.41, 5.74) is 0.757. The minimum absolute atomic E-state index is 0.0168. The minimum atomic E-state index is -0.566. The highest BCUT2D eigenvalue weighted by Gasteiger charge is 2.39. The normalized spacial score (nSPS) is 19.7. The first-order valence-corrected chi connectivity index (χ1v) is 8.01. The molecule has 0 N–H and O–H groups in total. The molecular formula is C14H17N3O4S. The molecule has 2 saturated heterocycles. The number of imide groups is 1. The summed E-state index contributed by atoms with van der Waals surface area (Å²) in [7, 11) is 0. The summed E-state index contributed by atoms with van der Waals surface area (Å²) in [5, 5.41) is 0.876. The first-order chi connectivity index (χ1) is 10.5. The van der Waals surface area contributed by atoms with Crippen LogP contribution in [0.1, 0.15) is 33.2 Å². The monoisotopic (exact) mass is 323 g/mol. The van der Waals surface area contributed by atoms with E-state index in [1.807, 2.05) is 13.8 Å². The summed E-state index contributed by atoms with van der Waals surface area (Å²) >= 11 is 1.40. The zero-order valence-electron chi connectivity index (χ0n) is 12.5. The Morgan fingerprint density at radius 1 is 1.27 bits per heavy atom. The number of carbonyl (C=O) groups excluding carboxylic acids is 3. The van der Waals surface area contributed by atoms with Crippen molar-refractivity contribution in [1.29, 1.82) is 0 Å². The molecule has 0 atom stereocenters. The third-order valence-corrected chi connectivity index (χ3v) is 5.06. The van der Waals surface area contributed by atoms with Crippen LogP contribution in [0.3, 0.4) is 0 Å². The van der Waals surface area contributed by atoms with Crippen LogP contribution < -0.4 is 0 Å². The van der Waals surface area contributed by atoms with Crippen LogP contribution in [0.5, 0.6) is 0 Å². The van der Waals surface area contributed by atoms with Gasteiger partial charge in [-0.15, -0.1) is 11.3 Å². The molecule has 0 aliphatic carbocycles. The van der Waals surface area contributed by atoms with Gasteiger partial charge in [-0.2, -0.15) is 0 Å². The van der Waals surface area contributed by atoms with Gasteiger partial charge in [-0.05, 0) is 26.7 Å². The van der Waals surface area contributed by atoms with Crippen LogP contribution in [0, 0.1) is 13.8 Å². The van der Waals surface area contributed by atoms with Gasteiger partial charge in [-0.25, -0.2) is 14.7 Å². The molecule has 118 valence electrons. The van der Waals surface area contributed by atoms with E-state index in [0.29, 0.717) is 30.8 Å². The van der Waals surface area contributed by atoms with Gasteiger partial charge in [-0.1, -0.05) is 0 Å². The van der Waals surface area contributed by atoms with Crippen molar-refractivity contribution in [3.8, 4) is 0 Å². The Hall–Kier alpha value is -1.96. The molecule has 0 unspecified atom stereocenters. The largest absolute Gasteiger partial charge is 0.439 e. The number of amides is 3. The average molecular weight is 323 g/mol. The lowest BCUT2D eigenvalue weighted by Gasteiger charge is -2.34. The maximum atomic E-state index is 12.5. The van der Waals surface area contributed by atoms with E-state index in [-0.39, 0.29) is 24.5 Å². The van der Waals surface area contributed by atoms with Gasteiger partial charge >= 0.3 is 6.09 Å². The lowest BCUT2D eigenvalue weighted by atomic mass is 10.0. The number of cyclic esters (lactones) is 1. The Morgan fingerprint density at radius 3 is 2.45 bits per heavy atom. The third-order valence-electron chi connectivity index (χ3n) is 4.00. The molecule has 3 rings (SSSR count). The summed E-state index contributed by atoms with van der Waals surface area (Å²) < 4.78 is 4.74. The molecule has 2 aliphatic rings. The van der Waals surface area contributed by atoms with Gasteiger partial charge in [0.25, 0.3) is 11.8 Å². The number of hydrogen-bond acceptors (Lipinski definition) is 6. The highest BCUT2D eigenvalue weighted by Crippen LogP contribution is 2.24. The number of nitrogens with zero attached hydrogens (tertiary/aromatic N) is 3. The van der Waals surface area contributed by atoms with Gasteiger partial charge in [0.1, 0.15) is 4.88 Å². The fourth-order valence-electron chi connectivity index (χ4n) is 2.92. The number of carbonyl (C=O) groups is 3. The van der Waals surface area contributed by atoms with E-state index in [0.717, 1.165) is 10.7 Å². The van der Waals surface area contributed by atoms with Crippen LogP contribution in [0.15, 0.2) is 0 Å². The van der Waals surface area contributed by atoms with E-state index >= 15 is 0 Å². The van der Waals surface area contributed by atoms with Crippen molar-refractivity contribution >= 4 is 29.2 Å². The van der Waals surface area contributed by atoms with Crippen LogP contribution in [0.2, 0.25) is 0 Å². The maximum Gasteiger partial charge on any atom is 0.417 e. The number of ether oxygens (including phenoxy) is 1. The van der Waals surface area contributed by atoms with Gasteiger partial charge in [-0.3, -0.25) is 9.59 Å². The predicted octanol–water partition coefficient (Wildman–Crippen LogP) is 1.34. The molecule has 0 aromatic carbocycles. The van der Waals surface area contributed by atoms with Crippen molar-refractivity contribution in [2.75, 3.05) is 19.7 Å². The summed E-state index contributed by atoms with van der Waals surface area (Å²) in [6, 6.07) is -0.171. The number of piperidine rings is 1. The number of hydrogen-bond donors (Lipinski definition) is 0. The zero-order valence-corrected chi connectivity index (χ0v) is 13.3. The molecule has 3 heterocycles. The molecule has 0 radical (unpaired) electrons. The molecule has 2 aliphatic heterocycles. The van der Waals surface area contributed by atoms with Crippen LogP contribution in [-0.4, -0.2) is 58.4 Å². The highest BCUT2D eigenvalue weighted by molar-refractivity contribution is 7.13. The summed E-state index contributed by atoms with van der Waals surface area (Å²) in [4.78, 5) is 43.7. The Balaban J connectivity index is 1.64. The molecule has 7 nitrogen and oxygen atoms in total. The second-order valence-corrected chi connectivity index (χ2v) is 6.69. The van der Waals surface area contributed by atoms with E-state index < -0.39 is 6.09 Å².